The maximum absolute atomic E-state index is 13.1. The molecule has 14 nitrogen and oxygen atoms in total. The van der Waals surface area contributed by atoms with Crippen LogP contribution in [0.2, 0.25) is 0 Å². The first kappa shape index (κ1) is 29.9. The van der Waals surface area contributed by atoms with Gasteiger partial charge in [0.25, 0.3) is 0 Å². The standard InChI is InChI=1S/C24H32N6O8/c1-13(31)20(30-21(34)16(25)7-8-19(32)33)23(36)28-17(10-15-11-26-12-27-15)22(35)29-18(24(37)38)9-14-5-3-2-4-6-14/h2-6,11-13,16-18,20,31H,7-10,25H2,1H3,(H,26,27)(H,28,36)(H,29,35)(H,30,34)(H,32,33)(H,37,38). The number of imidazole rings is 1. The number of benzene rings is 1. The Bertz CT molecular complexity index is 1090. The second kappa shape index (κ2) is 14.4. The second-order valence-corrected chi connectivity index (χ2v) is 8.70. The molecule has 0 aliphatic rings. The number of aliphatic hydroxyl groups excluding tert-OH is 1. The van der Waals surface area contributed by atoms with Crippen molar-refractivity contribution in [2.75, 3.05) is 0 Å². The first-order valence-electron chi connectivity index (χ1n) is 11.8. The average Bonchev–Trinajstić information content (AvgIpc) is 3.38. The summed E-state index contributed by atoms with van der Waals surface area (Å²) in [4.78, 5) is 67.7. The molecule has 206 valence electrons. The van der Waals surface area contributed by atoms with E-state index in [1.165, 1.54) is 19.4 Å². The van der Waals surface area contributed by atoms with Crippen LogP contribution in [0.25, 0.3) is 0 Å². The van der Waals surface area contributed by atoms with E-state index in [1.54, 1.807) is 30.3 Å². The second-order valence-electron chi connectivity index (χ2n) is 8.70. The van der Waals surface area contributed by atoms with Gasteiger partial charge in [0.1, 0.15) is 18.1 Å². The molecule has 2 rings (SSSR count). The van der Waals surface area contributed by atoms with Gasteiger partial charge in [-0.1, -0.05) is 30.3 Å². The van der Waals surface area contributed by atoms with Crippen LogP contribution in [0, 0.1) is 0 Å². The number of carbonyl (C=O) groups excluding carboxylic acids is 3. The largest absolute Gasteiger partial charge is 0.481 e. The Balaban J connectivity index is 2.16. The van der Waals surface area contributed by atoms with E-state index in [1.807, 2.05) is 0 Å². The Morgan fingerprint density at radius 1 is 0.947 bits per heavy atom. The quantitative estimate of drug-likeness (QED) is 0.129. The Hall–Kier alpha value is -4.30. The molecule has 0 fully saturated rings. The maximum Gasteiger partial charge on any atom is 0.326 e. The third-order valence-corrected chi connectivity index (χ3v) is 5.58. The minimum Gasteiger partial charge on any atom is -0.481 e. The summed E-state index contributed by atoms with van der Waals surface area (Å²) in [6.45, 7) is 1.23. The summed E-state index contributed by atoms with van der Waals surface area (Å²) in [7, 11) is 0. The number of nitrogens with one attached hydrogen (secondary N) is 4. The van der Waals surface area contributed by atoms with E-state index in [4.69, 9.17) is 10.8 Å². The molecule has 5 unspecified atom stereocenters. The van der Waals surface area contributed by atoms with Gasteiger partial charge in [0, 0.05) is 31.2 Å². The minimum atomic E-state index is -1.53. The number of hydrogen-bond acceptors (Lipinski definition) is 8. The van der Waals surface area contributed by atoms with Crippen LogP contribution in [0.4, 0.5) is 0 Å². The lowest BCUT2D eigenvalue weighted by molar-refractivity contribution is -0.142. The number of hydrogen-bond donors (Lipinski definition) is 8. The van der Waals surface area contributed by atoms with E-state index >= 15 is 0 Å². The van der Waals surface area contributed by atoms with Crippen LogP contribution in [0.3, 0.4) is 0 Å². The number of carboxylic acid groups (broad SMARTS) is 2. The third kappa shape index (κ3) is 9.63. The molecule has 2 aromatic rings. The Morgan fingerprint density at radius 2 is 1.61 bits per heavy atom. The highest BCUT2D eigenvalue weighted by atomic mass is 16.4. The zero-order valence-corrected chi connectivity index (χ0v) is 20.7. The molecule has 14 heteroatoms. The van der Waals surface area contributed by atoms with E-state index in [9.17, 15) is 34.2 Å². The molecule has 0 radical (unpaired) electrons. The summed E-state index contributed by atoms with van der Waals surface area (Å²) in [6, 6.07) is 3.26. The minimum absolute atomic E-state index is 0.00672. The van der Waals surface area contributed by atoms with Crippen molar-refractivity contribution >= 4 is 29.7 Å². The number of H-pyrrole nitrogens is 1. The number of nitrogens with two attached hydrogens (primary N) is 1. The number of aliphatic carboxylic acids is 2. The lowest BCUT2D eigenvalue weighted by atomic mass is 10.0. The van der Waals surface area contributed by atoms with Crippen molar-refractivity contribution in [2.24, 2.45) is 5.73 Å². The smallest absolute Gasteiger partial charge is 0.326 e. The lowest BCUT2D eigenvalue weighted by Crippen LogP contribution is -2.60. The van der Waals surface area contributed by atoms with Gasteiger partial charge < -0.3 is 42.0 Å². The number of rotatable bonds is 15. The van der Waals surface area contributed by atoms with Gasteiger partial charge in [0.15, 0.2) is 0 Å². The molecule has 0 aliphatic carbocycles. The van der Waals surface area contributed by atoms with E-state index in [0.717, 1.165) is 0 Å². The molecule has 5 atom stereocenters. The number of nitrogens with zero attached hydrogens (tertiary/aromatic N) is 1. The monoisotopic (exact) mass is 532 g/mol. The molecule has 0 saturated carbocycles. The Labute approximate surface area is 218 Å². The molecule has 0 spiro atoms. The van der Waals surface area contributed by atoms with Gasteiger partial charge in [-0.15, -0.1) is 0 Å². The van der Waals surface area contributed by atoms with E-state index in [0.29, 0.717) is 11.3 Å². The van der Waals surface area contributed by atoms with Crippen LogP contribution < -0.4 is 21.7 Å². The zero-order chi connectivity index (χ0) is 28.2. The molecular formula is C24H32N6O8. The summed E-state index contributed by atoms with van der Waals surface area (Å²) in [5, 5.41) is 35.7. The van der Waals surface area contributed by atoms with Gasteiger partial charge in [-0.25, -0.2) is 9.78 Å². The molecule has 3 amide bonds. The Kier molecular flexibility index (Phi) is 11.4. The van der Waals surface area contributed by atoms with Crippen LogP contribution in [0.1, 0.15) is 31.0 Å². The molecule has 38 heavy (non-hydrogen) atoms. The molecule has 0 bridgehead atoms. The number of carbonyl (C=O) groups is 5. The van der Waals surface area contributed by atoms with Crippen molar-refractivity contribution in [2.45, 2.75) is 62.9 Å². The summed E-state index contributed by atoms with van der Waals surface area (Å²) in [5.74, 6) is -5.05. The predicted octanol–water partition coefficient (Wildman–Crippen LogP) is -1.69. The van der Waals surface area contributed by atoms with Crippen LogP contribution in [-0.2, 0) is 36.8 Å². The van der Waals surface area contributed by atoms with Crippen molar-refractivity contribution in [1.82, 2.24) is 25.9 Å². The van der Waals surface area contributed by atoms with Crippen LogP contribution >= 0.6 is 0 Å². The first-order chi connectivity index (χ1) is 18.0. The zero-order valence-electron chi connectivity index (χ0n) is 20.7. The van der Waals surface area contributed by atoms with Gasteiger partial charge in [-0.05, 0) is 18.9 Å². The van der Waals surface area contributed by atoms with Crippen molar-refractivity contribution in [3.63, 3.8) is 0 Å². The molecule has 0 aliphatic heterocycles. The van der Waals surface area contributed by atoms with E-state index in [2.05, 4.69) is 25.9 Å². The summed E-state index contributed by atoms with van der Waals surface area (Å²) >= 11 is 0. The molecular weight excluding hydrogens is 500 g/mol. The molecule has 0 saturated heterocycles. The number of aromatic amines is 1. The van der Waals surface area contributed by atoms with Crippen molar-refractivity contribution in [1.29, 1.82) is 0 Å². The number of aromatic nitrogens is 2. The molecule has 1 heterocycles. The molecule has 1 aromatic carbocycles. The highest BCUT2D eigenvalue weighted by molar-refractivity contribution is 5.94. The van der Waals surface area contributed by atoms with Gasteiger partial charge in [-0.3, -0.25) is 19.2 Å². The maximum atomic E-state index is 13.1. The molecule has 9 N–H and O–H groups in total. The first-order valence-corrected chi connectivity index (χ1v) is 11.8. The van der Waals surface area contributed by atoms with Crippen molar-refractivity contribution < 1.29 is 39.3 Å². The number of carboxylic acids is 2. The molecule has 1 aromatic heterocycles. The Morgan fingerprint density at radius 3 is 2.16 bits per heavy atom. The number of aliphatic hydroxyl groups is 1. The van der Waals surface area contributed by atoms with E-state index < -0.39 is 59.9 Å². The van der Waals surface area contributed by atoms with Crippen molar-refractivity contribution in [3.05, 3.63) is 54.1 Å². The van der Waals surface area contributed by atoms with Gasteiger partial charge >= 0.3 is 11.9 Å². The summed E-state index contributed by atoms with van der Waals surface area (Å²) in [5.41, 5.74) is 6.81. The lowest BCUT2D eigenvalue weighted by Gasteiger charge is -2.26. The van der Waals surface area contributed by atoms with E-state index in [-0.39, 0.29) is 25.7 Å². The fourth-order valence-corrected chi connectivity index (χ4v) is 3.48. The number of amides is 3. The van der Waals surface area contributed by atoms with Crippen molar-refractivity contribution in [3.8, 4) is 0 Å². The SMILES string of the molecule is CC(O)C(NC(=O)C(N)CCC(=O)O)C(=O)NC(Cc1cnc[nH]1)C(=O)NC(Cc1ccccc1)C(=O)O. The topological polar surface area (TPSA) is 237 Å². The predicted molar refractivity (Wildman–Crippen MR) is 132 cm³/mol. The van der Waals surface area contributed by atoms with Gasteiger partial charge in [-0.2, -0.15) is 0 Å². The summed E-state index contributed by atoms with van der Waals surface area (Å²) in [6.07, 6.45) is 0.685. The average molecular weight is 533 g/mol. The van der Waals surface area contributed by atoms with Crippen LogP contribution in [0.5, 0.6) is 0 Å². The third-order valence-electron chi connectivity index (χ3n) is 5.58. The fourth-order valence-electron chi connectivity index (χ4n) is 3.48. The fraction of sp³-hybridized carbons (Fsp3) is 0.417. The van der Waals surface area contributed by atoms with Crippen LogP contribution in [-0.4, -0.2) is 85.2 Å². The summed E-state index contributed by atoms with van der Waals surface area (Å²) < 4.78 is 0. The van der Waals surface area contributed by atoms with Gasteiger partial charge in [0.2, 0.25) is 17.7 Å². The van der Waals surface area contributed by atoms with Gasteiger partial charge in [0.05, 0.1) is 18.5 Å². The highest BCUT2D eigenvalue weighted by Gasteiger charge is 2.33. The van der Waals surface area contributed by atoms with Crippen LogP contribution in [0.15, 0.2) is 42.9 Å². The normalized spacial score (nSPS) is 14.8. The highest BCUT2D eigenvalue weighted by Crippen LogP contribution is 2.07.